The molecule has 1 fully saturated rings. The second-order valence-electron chi connectivity index (χ2n) is 11.0. The topological polar surface area (TPSA) is 160 Å². The van der Waals surface area contributed by atoms with Gasteiger partial charge in [0.05, 0.1) is 23.3 Å². The number of nitrogens with one attached hydrogen (secondary N) is 1. The van der Waals surface area contributed by atoms with Crippen LogP contribution >= 0.6 is 0 Å². The standard InChI is InChI=1S/C29H35FN6O3/c1-28(2,17-31)21-8-7-18(13-22(21)30)9-10-29(19-5-3-4-6-19)15-24(37)20(27(38)39-29)14-25(32)36-26(33)23-16-34-11-12-35-23/h7-8,11-13,16,19,26H,3-6,9-10,14-15,33H2,1-2H3,(H3,32,36,37,38). The third-order valence-corrected chi connectivity index (χ3v) is 7.86. The zero-order chi connectivity index (χ0) is 28.2. The van der Waals surface area contributed by atoms with E-state index in [2.05, 4.69) is 26.8 Å². The van der Waals surface area contributed by atoms with Crippen LogP contribution in [0.5, 0.6) is 0 Å². The van der Waals surface area contributed by atoms with Gasteiger partial charge in [-0.3, -0.25) is 9.97 Å². The maximum absolute atomic E-state index is 14.9. The first-order valence-electron chi connectivity index (χ1n) is 13.3. The van der Waals surface area contributed by atoms with Gasteiger partial charge in [-0.25, -0.2) is 9.18 Å². The van der Waals surface area contributed by atoms with E-state index >= 15 is 0 Å². The molecule has 9 nitrogen and oxygen atoms in total. The minimum Gasteiger partial charge on any atom is -0.512 e. The number of rotatable bonds is 9. The number of esters is 1. The Morgan fingerprint density at radius 3 is 2.74 bits per heavy atom. The number of nitriles is 1. The molecule has 2 unspecified atom stereocenters. The summed E-state index contributed by atoms with van der Waals surface area (Å²) in [5.74, 6) is -1.22. The van der Waals surface area contributed by atoms with E-state index in [4.69, 9.17) is 10.5 Å². The van der Waals surface area contributed by atoms with Gasteiger partial charge in [0, 0.05) is 24.4 Å². The fourth-order valence-electron chi connectivity index (χ4n) is 5.57. The molecule has 39 heavy (non-hydrogen) atoms. The SMILES string of the molecule is CC(C)(C#N)c1ccc(CCC2(C3CCCC3)CC(O)=C(C/C([NH-])=N/C([NH3+])c3cnccn3)C(=O)O2)cc1F. The van der Waals surface area contributed by atoms with Crippen LogP contribution in [-0.4, -0.2) is 32.5 Å². The maximum Gasteiger partial charge on any atom is 0.338 e. The molecule has 2 aliphatic rings. The van der Waals surface area contributed by atoms with Crippen molar-refractivity contribution in [3.63, 3.8) is 0 Å². The molecule has 206 valence electrons. The molecule has 0 bridgehead atoms. The second kappa shape index (κ2) is 11.5. The average Bonchev–Trinajstić information content (AvgIpc) is 3.46. The van der Waals surface area contributed by atoms with Gasteiger partial charge in [0.15, 0.2) is 0 Å². The first-order valence-corrected chi connectivity index (χ1v) is 13.3. The van der Waals surface area contributed by atoms with E-state index in [1.807, 2.05) is 0 Å². The molecule has 1 saturated carbocycles. The lowest BCUT2D eigenvalue weighted by Gasteiger charge is -2.42. The molecule has 0 spiro atoms. The van der Waals surface area contributed by atoms with Gasteiger partial charge < -0.3 is 26.3 Å². The fourth-order valence-corrected chi connectivity index (χ4v) is 5.57. The minimum atomic E-state index is -0.943. The van der Waals surface area contributed by atoms with Crippen molar-refractivity contribution in [3.05, 3.63) is 76.5 Å². The van der Waals surface area contributed by atoms with E-state index in [0.29, 0.717) is 24.1 Å². The van der Waals surface area contributed by atoms with Crippen molar-refractivity contribution < 1.29 is 24.8 Å². The molecule has 2 atom stereocenters. The summed E-state index contributed by atoms with van der Waals surface area (Å²) >= 11 is 0. The molecule has 2 aromatic rings. The summed E-state index contributed by atoms with van der Waals surface area (Å²) in [5, 5.41) is 20.4. The lowest BCUT2D eigenvalue weighted by Crippen LogP contribution is -2.53. The second-order valence-corrected chi connectivity index (χ2v) is 11.0. The van der Waals surface area contributed by atoms with E-state index in [1.54, 1.807) is 26.0 Å². The number of cyclic esters (lactones) is 1. The van der Waals surface area contributed by atoms with Crippen LogP contribution < -0.4 is 5.73 Å². The highest BCUT2D eigenvalue weighted by molar-refractivity contribution is 6.01. The Balaban J connectivity index is 1.53. The van der Waals surface area contributed by atoms with Crippen LogP contribution in [0.4, 0.5) is 4.39 Å². The Hall–Kier alpha value is -3.84. The van der Waals surface area contributed by atoms with Crippen LogP contribution in [0, 0.1) is 23.1 Å². The number of carbonyl (C=O) groups excluding carboxylic acids is 1. The van der Waals surface area contributed by atoms with Crippen molar-refractivity contribution in [3.8, 4) is 6.07 Å². The van der Waals surface area contributed by atoms with Crippen molar-refractivity contribution in [2.45, 2.75) is 82.4 Å². The molecular formula is C29H35FN6O3. The number of hydrogen-bond acceptors (Lipinski definition) is 7. The van der Waals surface area contributed by atoms with Crippen LogP contribution in [-0.2, 0) is 21.4 Å². The normalized spacial score (nSPS) is 21.5. The summed E-state index contributed by atoms with van der Waals surface area (Å²) in [5.41, 5.74) is 11.9. The molecule has 0 saturated heterocycles. The van der Waals surface area contributed by atoms with Gasteiger partial charge in [-0.2, -0.15) is 5.26 Å². The zero-order valence-corrected chi connectivity index (χ0v) is 22.4. The monoisotopic (exact) mass is 534 g/mol. The number of carbonyl (C=O) groups is 1. The molecule has 5 N–H and O–H groups in total. The highest BCUT2D eigenvalue weighted by Gasteiger charge is 2.48. The molecule has 1 aliphatic heterocycles. The van der Waals surface area contributed by atoms with Crippen molar-refractivity contribution in [2.24, 2.45) is 10.9 Å². The third kappa shape index (κ3) is 6.25. The largest absolute Gasteiger partial charge is 0.512 e. The van der Waals surface area contributed by atoms with Gasteiger partial charge in [-0.15, -0.1) is 0 Å². The minimum absolute atomic E-state index is 0.0258. The number of nitrogens with zero attached hydrogens (tertiary/aromatic N) is 4. The quantitative estimate of drug-likeness (QED) is 0.266. The first-order chi connectivity index (χ1) is 18.5. The molecule has 4 rings (SSSR count). The number of hydrogen-bond donors (Lipinski definition) is 2. The van der Waals surface area contributed by atoms with Crippen LogP contribution in [0.2, 0.25) is 0 Å². The van der Waals surface area contributed by atoms with Gasteiger partial charge in [0.1, 0.15) is 29.0 Å². The molecule has 10 heteroatoms. The highest BCUT2D eigenvalue weighted by Crippen LogP contribution is 2.46. The molecule has 1 aromatic heterocycles. The Kier molecular flexibility index (Phi) is 8.31. The number of aryl methyl sites for hydroxylation is 1. The third-order valence-electron chi connectivity index (χ3n) is 7.86. The molecule has 0 amide bonds. The number of amidine groups is 1. The van der Waals surface area contributed by atoms with E-state index in [0.717, 1.165) is 31.2 Å². The lowest BCUT2D eigenvalue weighted by molar-refractivity contribution is -0.424. The van der Waals surface area contributed by atoms with Crippen LogP contribution in [0.3, 0.4) is 0 Å². The van der Waals surface area contributed by atoms with Crippen LogP contribution in [0.15, 0.2) is 53.1 Å². The molecule has 1 aliphatic carbocycles. The van der Waals surface area contributed by atoms with Gasteiger partial charge in [0.2, 0.25) is 0 Å². The van der Waals surface area contributed by atoms with Crippen molar-refractivity contribution in [1.82, 2.24) is 9.97 Å². The Labute approximate surface area is 227 Å². The summed E-state index contributed by atoms with van der Waals surface area (Å²) in [6, 6.07) is 7.02. The first kappa shape index (κ1) is 28.2. The molecular weight excluding hydrogens is 499 g/mol. The van der Waals surface area contributed by atoms with Crippen LogP contribution in [0.25, 0.3) is 5.73 Å². The van der Waals surface area contributed by atoms with Crippen LogP contribution in [0.1, 0.15) is 81.8 Å². The van der Waals surface area contributed by atoms with Gasteiger partial charge in [0.25, 0.3) is 0 Å². The predicted molar refractivity (Wildman–Crippen MR) is 142 cm³/mol. The summed E-state index contributed by atoms with van der Waals surface area (Å²) < 4.78 is 21.0. The number of aliphatic hydroxyl groups is 1. The summed E-state index contributed by atoms with van der Waals surface area (Å²) in [6.07, 6.45) is 8.52. The highest BCUT2D eigenvalue weighted by atomic mass is 19.1. The van der Waals surface area contributed by atoms with Crippen molar-refractivity contribution in [1.29, 1.82) is 5.26 Å². The smallest absolute Gasteiger partial charge is 0.338 e. The van der Waals surface area contributed by atoms with E-state index in [-0.39, 0.29) is 35.9 Å². The summed E-state index contributed by atoms with van der Waals surface area (Å²) in [7, 11) is 0. The number of aliphatic imine (C=N–C) groups is 1. The number of halogens is 1. The predicted octanol–water partition coefficient (Wildman–Crippen LogP) is 4.82. The molecule has 0 radical (unpaired) electrons. The summed E-state index contributed by atoms with van der Waals surface area (Å²) in [4.78, 5) is 25.5. The Bertz CT molecular complexity index is 1310. The number of ether oxygens (including phenoxy) is 1. The fraction of sp³-hybridized carbons (Fsp3) is 0.483. The maximum atomic E-state index is 14.9. The Morgan fingerprint density at radius 1 is 1.38 bits per heavy atom. The Morgan fingerprint density at radius 2 is 2.13 bits per heavy atom. The van der Waals surface area contributed by atoms with E-state index < -0.39 is 29.0 Å². The van der Waals surface area contributed by atoms with Gasteiger partial charge >= 0.3 is 5.97 Å². The van der Waals surface area contributed by atoms with Gasteiger partial charge in [-0.05, 0) is 63.5 Å². The van der Waals surface area contributed by atoms with Gasteiger partial charge in [-0.1, -0.05) is 30.8 Å². The number of benzene rings is 1. The van der Waals surface area contributed by atoms with E-state index in [9.17, 15) is 19.6 Å². The zero-order valence-electron chi connectivity index (χ0n) is 22.4. The lowest BCUT2D eigenvalue weighted by atomic mass is 9.76. The average molecular weight is 535 g/mol. The number of aromatic nitrogens is 2. The van der Waals surface area contributed by atoms with E-state index in [1.165, 1.54) is 24.7 Å². The molecule has 1 aromatic carbocycles. The van der Waals surface area contributed by atoms with Crippen molar-refractivity contribution in [2.75, 3.05) is 0 Å². The van der Waals surface area contributed by atoms with Crippen molar-refractivity contribution >= 4 is 11.8 Å². The number of quaternary nitrogens is 1. The molecule has 2 heterocycles. The number of aliphatic hydroxyl groups excluding tert-OH is 1. The summed E-state index contributed by atoms with van der Waals surface area (Å²) in [6.45, 7) is 3.35.